The molecule has 0 aliphatic heterocycles. The maximum atomic E-state index is 13.8. The largest absolute Gasteiger partial charge is 1.00 e. The van der Waals surface area contributed by atoms with Gasteiger partial charge in [-0.25, -0.2) is 0 Å². The van der Waals surface area contributed by atoms with Crippen molar-refractivity contribution in [1.82, 2.24) is 0 Å². The van der Waals surface area contributed by atoms with Gasteiger partial charge in [0.05, 0.1) is 25.1 Å². The van der Waals surface area contributed by atoms with Gasteiger partial charge in [0.1, 0.15) is 17.2 Å². The molecule has 1 atom stereocenters. The Hall–Kier alpha value is -1.46. The normalized spacial score (nSPS) is 11.0. The third-order valence-corrected chi connectivity index (χ3v) is 8.11. The molecule has 0 fully saturated rings. The summed E-state index contributed by atoms with van der Waals surface area (Å²) in [4.78, 5) is 13.8. The summed E-state index contributed by atoms with van der Waals surface area (Å²) in [6, 6.07) is 6.05. The molecule has 0 radical (unpaired) electrons. The second kappa shape index (κ2) is 18.8. The van der Waals surface area contributed by atoms with E-state index in [9.17, 15) is 4.79 Å². The number of carbonyl (C=O) groups is 1. The van der Waals surface area contributed by atoms with Crippen molar-refractivity contribution in [3.63, 3.8) is 0 Å². The van der Waals surface area contributed by atoms with Crippen LogP contribution < -0.4 is 38.4 Å². The molecule has 1 unspecified atom stereocenters. The molecule has 0 heterocycles. The number of hydrogen-bond acceptors (Lipinski definition) is 4. The van der Waals surface area contributed by atoms with Gasteiger partial charge in [-0.15, -0.1) is 0 Å². The van der Waals surface area contributed by atoms with Crippen LogP contribution in [0.15, 0.2) is 18.2 Å². The van der Waals surface area contributed by atoms with Crippen LogP contribution in [0.1, 0.15) is 113 Å². The Bertz CT molecular complexity index is 979. The zero-order valence-corrected chi connectivity index (χ0v) is 26.4. The van der Waals surface area contributed by atoms with Crippen molar-refractivity contribution in [2.24, 2.45) is 0 Å². The minimum atomic E-state index is -0.0821. The van der Waals surface area contributed by atoms with Crippen molar-refractivity contribution in [3.8, 4) is 17.2 Å². The predicted octanol–water partition coefficient (Wildman–Crippen LogP) is 5.89. The van der Waals surface area contributed by atoms with Gasteiger partial charge in [0, 0.05) is 17.7 Å². The van der Waals surface area contributed by atoms with Crippen molar-refractivity contribution >= 4 is 19.4 Å². The van der Waals surface area contributed by atoms with Crippen molar-refractivity contribution in [2.75, 3.05) is 19.8 Å². The molecule has 2 aromatic rings. The second-order valence-corrected chi connectivity index (χ2v) is 11.3. The number of aryl methyl sites for hydroxylation is 2. The maximum absolute atomic E-state index is 13.8. The first-order chi connectivity index (χ1) is 17.8. The van der Waals surface area contributed by atoms with Gasteiger partial charge in [0.25, 0.3) is 0 Å². The number of unbranched alkanes of at least 4 members (excludes halogenated alkanes) is 6. The van der Waals surface area contributed by atoms with Gasteiger partial charge in [-0.2, -0.15) is 0 Å². The second-order valence-electron chi connectivity index (χ2n) is 10.1. The smallest absolute Gasteiger partial charge is 1.00 e. The first-order valence-corrected chi connectivity index (χ1v) is 15.3. The van der Waals surface area contributed by atoms with E-state index in [1.54, 1.807) is 0 Å². The molecule has 2 aromatic carbocycles. The quantitative estimate of drug-likeness (QED) is 0.135. The molecule has 0 aliphatic carbocycles. The van der Waals surface area contributed by atoms with E-state index in [1.165, 1.54) is 11.1 Å². The van der Waals surface area contributed by atoms with Crippen LogP contribution in [-0.4, -0.2) is 25.3 Å². The Morgan fingerprint density at radius 1 is 0.684 bits per heavy atom. The predicted molar refractivity (Wildman–Crippen MR) is 160 cm³/mol. The van der Waals surface area contributed by atoms with E-state index in [-0.39, 0.29) is 34.4 Å². The molecule has 0 aliphatic rings. The van der Waals surface area contributed by atoms with Crippen LogP contribution in [0.25, 0.3) is 0 Å². The molecular formula is C32H50LiO4P. The molecule has 2 rings (SSSR count). The van der Waals surface area contributed by atoms with Crippen LogP contribution in [0.2, 0.25) is 0 Å². The standard InChI is InChI=1S/C32H49O4P.Li.H/c1-8-11-14-17-34-27-21-28(35-18-15-12-9-2)31(29(22-27)36-19-16-13-10-3)37-32(33)30-24(5)20-23(4)25(6)26(30)7;;/h20-22,37H,8-19H2,1-7H3;;/q;+1;-1. The zero-order chi connectivity index (χ0) is 27.2. The van der Waals surface area contributed by atoms with E-state index in [1.807, 2.05) is 19.1 Å². The van der Waals surface area contributed by atoms with E-state index in [4.69, 9.17) is 14.2 Å². The van der Waals surface area contributed by atoms with E-state index in [0.717, 1.165) is 97.0 Å². The average Bonchev–Trinajstić information content (AvgIpc) is 2.87. The fraction of sp³-hybridized carbons (Fsp3) is 0.594. The summed E-state index contributed by atoms with van der Waals surface area (Å²) in [6.07, 6.45) is 9.78. The third kappa shape index (κ3) is 10.6. The van der Waals surface area contributed by atoms with Crippen LogP contribution in [0.4, 0.5) is 0 Å². The maximum Gasteiger partial charge on any atom is 1.00 e. The average molecular weight is 537 g/mol. The van der Waals surface area contributed by atoms with E-state index in [0.29, 0.717) is 19.8 Å². The van der Waals surface area contributed by atoms with Gasteiger partial charge in [-0.3, -0.25) is 4.79 Å². The number of carbonyl (C=O) groups excluding carboxylic acids is 1. The van der Waals surface area contributed by atoms with Crippen LogP contribution in [0.3, 0.4) is 0 Å². The number of rotatable bonds is 18. The molecular weight excluding hydrogens is 486 g/mol. The summed E-state index contributed by atoms with van der Waals surface area (Å²) >= 11 is 0. The molecule has 0 saturated heterocycles. The fourth-order valence-corrected chi connectivity index (χ4v) is 5.69. The SMILES string of the molecule is CCCCCOc1cc(OCCCCC)c(PC(=O)c2c(C)cc(C)c(C)c2C)c(OCCCCC)c1.[H-].[Li+]. The molecule has 0 spiro atoms. The summed E-state index contributed by atoms with van der Waals surface area (Å²) < 4.78 is 18.7. The summed E-state index contributed by atoms with van der Waals surface area (Å²) in [5.74, 6) is 2.20. The Morgan fingerprint density at radius 2 is 1.16 bits per heavy atom. The Morgan fingerprint density at radius 3 is 1.63 bits per heavy atom. The van der Waals surface area contributed by atoms with Gasteiger partial charge < -0.3 is 15.6 Å². The fourth-order valence-electron chi connectivity index (χ4n) is 4.42. The van der Waals surface area contributed by atoms with E-state index in [2.05, 4.69) is 47.6 Å². The van der Waals surface area contributed by atoms with Crippen LogP contribution in [0.5, 0.6) is 17.2 Å². The monoisotopic (exact) mass is 536 g/mol. The van der Waals surface area contributed by atoms with E-state index >= 15 is 0 Å². The van der Waals surface area contributed by atoms with Crippen LogP contribution in [-0.2, 0) is 0 Å². The number of ether oxygens (including phenoxy) is 3. The van der Waals surface area contributed by atoms with Gasteiger partial charge in [0.2, 0.25) is 0 Å². The van der Waals surface area contributed by atoms with E-state index < -0.39 is 0 Å². The minimum Gasteiger partial charge on any atom is -1.00 e. The van der Waals surface area contributed by atoms with Gasteiger partial charge in [0.15, 0.2) is 5.52 Å². The third-order valence-electron chi connectivity index (χ3n) is 6.89. The number of hydrogen-bond donors (Lipinski definition) is 0. The molecule has 208 valence electrons. The van der Waals surface area contributed by atoms with Crippen LogP contribution >= 0.6 is 8.58 Å². The summed E-state index contributed by atoms with van der Waals surface area (Å²) in [5, 5.41) is 0.857. The molecule has 38 heavy (non-hydrogen) atoms. The molecule has 0 N–H and O–H groups in total. The number of benzene rings is 2. The summed E-state index contributed by atoms with van der Waals surface area (Å²) in [7, 11) is -0.0821. The van der Waals surface area contributed by atoms with Crippen molar-refractivity contribution in [1.29, 1.82) is 0 Å². The summed E-state index contributed by atoms with van der Waals surface area (Å²) in [5.41, 5.74) is 5.47. The first kappa shape index (κ1) is 34.6. The van der Waals surface area contributed by atoms with Crippen LogP contribution in [0, 0.1) is 27.7 Å². The zero-order valence-electron chi connectivity index (χ0n) is 26.4. The topological polar surface area (TPSA) is 44.8 Å². The molecule has 6 heteroatoms. The van der Waals surface area contributed by atoms with Crippen molar-refractivity contribution in [3.05, 3.63) is 46.0 Å². The molecule has 0 amide bonds. The van der Waals surface area contributed by atoms with Gasteiger partial charge in [-0.1, -0.05) is 65.4 Å². The Labute approximate surface area is 247 Å². The molecule has 0 aromatic heterocycles. The van der Waals surface area contributed by atoms with Crippen molar-refractivity contribution < 1.29 is 39.3 Å². The molecule has 0 saturated carbocycles. The Balaban J connectivity index is 0.00000722. The van der Waals surface area contributed by atoms with Gasteiger partial charge in [-0.05, 0) is 77.8 Å². The van der Waals surface area contributed by atoms with Gasteiger partial charge >= 0.3 is 18.9 Å². The first-order valence-electron chi connectivity index (χ1n) is 14.3. The molecule has 4 nitrogen and oxygen atoms in total. The molecule has 0 bridgehead atoms. The minimum absolute atomic E-state index is 0. The van der Waals surface area contributed by atoms with Crippen molar-refractivity contribution in [2.45, 2.75) is 106 Å². The summed E-state index contributed by atoms with van der Waals surface area (Å²) in [6.45, 7) is 16.8. The Kier molecular flexibility index (Phi) is 17.1.